The van der Waals surface area contributed by atoms with Crippen molar-refractivity contribution in [2.75, 3.05) is 13.1 Å². The number of amides is 1. The zero-order valence-electron chi connectivity index (χ0n) is 16.1. The fourth-order valence-electron chi connectivity index (χ4n) is 3.82. The SMILES string of the molecule is O=C(c1ccc(F)cc1)C1CCN(C(=O)Cn2c(=O)[nH]c3ccccc3c2=O)CC1. The average molecular weight is 409 g/mol. The van der Waals surface area contributed by atoms with Crippen molar-refractivity contribution in [3.8, 4) is 0 Å². The van der Waals surface area contributed by atoms with Crippen molar-refractivity contribution in [3.05, 3.63) is 80.7 Å². The van der Waals surface area contributed by atoms with Gasteiger partial charge >= 0.3 is 5.69 Å². The van der Waals surface area contributed by atoms with Crippen LogP contribution in [0.3, 0.4) is 0 Å². The maximum atomic E-state index is 13.1. The summed E-state index contributed by atoms with van der Waals surface area (Å²) in [5.41, 5.74) is -0.260. The number of aromatic nitrogens is 2. The van der Waals surface area contributed by atoms with Crippen molar-refractivity contribution in [2.24, 2.45) is 5.92 Å². The summed E-state index contributed by atoms with van der Waals surface area (Å²) in [6, 6.07) is 12.1. The number of hydrogen-bond donors (Lipinski definition) is 1. The molecule has 7 nitrogen and oxygen atoms in total. The molecule has 1 amide bonds. The monoisotopic (exact) mass is 409 g/mol. The number of nitrogens with zero attached hydrogens (tertiary/aromatic N) is 2. The second kappa shape index (κ2) is 8.06. The lowest BCUT2D eigenvalue weighted by Gasteiger charge is -2.31. The predicted molar refractivity (Wildman–Crippen MR) is 109 cm³/mol. The number of benzene rings is 2. The van der Waals surface area contributed by atoms with Gasteiger partial charge in [0.15, 0.2) is 5.78 Å². The third kappa shape index (κ3) is 3.80. The van der Waals surface area contributed by atoms with Crippen molar-refractivity contribution >= 4 is 22.6 Å². The molecule has 0 unspecified atom stereocenters. The first-order valence-electron chi connectivity index (χ1n) is 9.73. The van der Waals surface area contributed by atoms with E-state index in [9.17, 15) is 23.6 Å². The number of rotatable bonds is 4. The molecule has 30 heavy (non-hydrogen) atoms. The molecule has 3 aromatic rings. The number of H-pyrrole nitrogens is 1. The molecule has 0 atom stereocenters. The number of aromatic amines is 1. The maximum Gasteiger partial charge on any atom is 0.329 e. The molecule has 0 bridgehead atoms. The van der Waals surface area contributed by atoms with E-state index < -0.39 is 17.1 Å². The lowest BCUT2D eigenvalue weighted by molar-refractivity contribution is -0.133. The van der Waals surface area contributed by atoms with Crippen LogP contribution in [0.5, 0.6) is 0 Å². The summed E-state index contributed by atoms with van der Waals surface area (Å²) in [5, 5.41) is 0.341. The van der Waals surface area contributed by atoms with Gasteiger partial charge in [-0.15, -0.1) is 0 Å². The number of carbonyl (C=O) groups excluding carboxylic acids is 2. The number of likely N-dealkylation sites (tertiary alicyclic amines) is 1. The first kappa shape index (κ1) is 19.8. The zero-order chi connectivity index (χ0) is 21.3. The van der Waals surface area contributed by atoms with Crippen molar-refractivity contribution in [1.82, 2.24) is 14.5 Å². The molecule has 1 N–H and O–H groups in total. The van der Waals surface area contributed by atoms with Gasteiger partial charge in [-0.1, -0.05) is 12.1 Å². The topological polar surface area (TPSA) is 92.2 Å². The number of halogens is 1. The van der Waals surface area contributed by atoms with E-state index in [0.717, 1.165) is 4.57 Å². The summed E-state index contributed by atoms with van der Waals surface area (Å²) in [5.74, 6) is -1.05. The number of hydrogen-bond acceptors (Lipinski definition) is 4. The number of piperidine rings is 1. The number of para-hydroxylation sites is 1. The number of ketones is 1. The molecule has 0 spiro atoms. The first-order valence-corrected chi connectivity index (χ1v) is 9.73. The van der Waals surface area contributed by atoms with E-state index in [1.54, 1.807) is 29.2 Å². The Bertz CT molecular complexity index is 1220. The normalized spacial score (nSPS) is 14.8. The minimum atomic E-state index is -0.631. The predicted octanol–water partition coefficient (Wildman–Crippen LogP) is 1.95. The van der Waals surface area contributed by atoms with E-state index >= 15 is 0 Å². The molecule has 2 aromatic carbocycles. The summed E-state index contributed by atoms with van der Waals surface area (Å²) in [4.78, 5) is 54.3. The molecule has 8 heteroatoms. The van der Waals surface area contributed by atoms with Crippen molar-refractivity contribution < 1.29 is 14.0 Å². The van der Waals surface area contributed by atoms with E-state index in [1.165, 1.54) is 24.3 Å². The fourth-order valence-corrected chi connectivity index (χ4v) is 3.82. The van der Waals surface area contributed by atoms with Crippen LogP contribution in [0, 0.1) is 11.7 Å². The van der Waals surface area contributed by atoms with E-state index in [1.807, 2.05) is 0 Å². The molecule has 0 saturated carbocycles. The van der Waals surface area contributed by atoms with Gasteiger partial charge in [-0.3, -0.25) is 19.0 Å². The molecule has 1 fully saturated rings. The minimum absolute atomic E-state index is 0.0655. The molecule has 2 heterocycles. The number of Topliss-reactive ketones (excluding diaryl/α,β-unsaturated/α-hetero) is 1. The van der Waals surface area contributed by atoms with Crippen LogP contribution in [-0.4, -0.2) is 39.2 Å². The lowest BCUT2D eigenvalue weighted by atomic mass is 9.89. The Labute approximate surface area is 170 Å². The minimum Gasteiger partial charge on any atom is -0.341 e. The largest absolute Gasteiger partial charge is 0.341 e. The molecule has 0 radical (unpaired) electrons. The van der Waals surface area contributed by atoms with Crippen molar-refractivity contribution in [2.45, 2.75) is 19.4 Å². The van der Waals surface area contributed by atoms with Crippen LogP contribution in [0.4, 0.5) is 4.39 Å². The third-order valence-electron chi connectivity index (χ3n) is 5.53. The quantitative estimate of drug-likeness (QED) is 0.667. The average Bonchev–Trinajstić information content (AvgIpc) is 2.76. The summed E-state index contributed by atoms with van der Waals surface area (Å²) in [7, 11) is 0. The fraction of sp³-hybridized carbons (Fsp3) is 0.273. The van der Waals surface area contributed by atoms with Gasteiger partial charge in [0.1, 0.15) is 12.4 Å². The molecule has 154 valence electrons. The molecule has 1 aromatic heterocycles. The van der Waals surface area contributed by atoms with Gasteiger partial charge < -0.3 is 9.88 Å². The molecular weight excluding hydrogens is 389 g/mol. The van der Waals surface area contributed by atoms with E-state index in [4.69, 9.17) is 0 Å². The standard InChI is InChI=1S/C22H20FN3O4/c23-16-7-5-14(6-8-16)20(28)15-9-11-25(12-10-15)19(27)13-26-21(29)17-3-1-2-4-18(17)24-22(26)30/h1-8,15H,9-13H2,(H,24,30). The van der Waals surface area contributed by atoms with Gasteiger partial charge in [0.25, 0.3) is 5.56 Å². The Morgan fingerprint density at radius 3 is 2.37 bits per heavy atom. The number of carbonyl (C=O) groups is 2. The van der Waals surface area contributed by atoms with Crippen LogP contribution in [0.25, 0.3) is 10.9 Å². The highest BCUT2D eigenvalue weighted by molar-refractivity contribution is 5.98. The van der Waals surface area contributed by atoms with Gasteiger partial charge in [-0.25, -0.2) is 9.18 Å². The Morgan fingerprint density at radius 2 is 1.67 bits per heavy atom. The molecule has 1 aliphatic rings. The lowest BCUT2D eigenvalue weighted by Crippen LogP contribution is -2.45. The van der Waals surface area contributed by atoms with Crippen LogP contribution in [0.2, 0.25) is 0 Å². The van der Waals surface area contributed by atoms with Gasteiger partial charge in [0.05, 0.1) is 10.9 Å². The third-order valence-corrected chi connectivity index (χ3v) is 5.53. The molecule has 1 aliphatic heterocycles. The summed E-state index contributed by atoms with van der Waals surface area (Å²) in [6.45, 7) is 0.364. The Morgan fingerprint density at radius 1 is 1.00 bits per heavy atom. The Kier molecular flexibility index (Phi) is 5.31. The molecule has 4 rings (SSSR count). The molecule has 0 aliphatic carbocycles. The van der Waals surface area contributed by atoms with Gasteiger partial charge in [-0.2, -0.15) is 0 Å². The van der Waals surface area contributed by atoms with Gasteiger partial charge in [0, 0.05) is 24.6 Å². The smallest absolute Gasteiger partial charge is 0.329 e. The number of nitrogens with one attached hydrogen (secondary N) is 1. The van der Waals surface area contributed by atoms with Crippen LogP contribution in [0.15, 0.2) is 58.1 Å². The highest BCUT2D eigenvalue weighted by Crippen LogP contribution is 2.22. The molecule has 1 saturated heterocycles. The van der Waals surface area contributed by atoms with E-state index in [2.05, 4.69) is 4.98 Å². The second-order valence-corrected chi connectivity index (χ2v) is 7.39. The highest BCUT2D eigenvalue weighted by Gasteiger charge is 2.28. The van der Waals surface area contributed by atoms with E-state index in [-0.39, 0.29) is 24.2 Å². The van der Waals surface area contributed by atoms with Crippen LogP contribution >= 0.6 is 0 Å². The maximum absolute atomic E-state index is 13.1. The van der Waals surface area contributed by atoms with Crippen molar-refractivity contribution in [3.63, 3.8) is 0 Å². The van der Waals surface area contributed by atoms with E-state index in [0.29, 0.717) is 42.4 Å². The summed E-state index contributed by atoms with van der Waals surface area (Å²) >= 11 is 0. The second-order valence-electron chi connectivity index (χ2n) is 7.39. The first-order chi connectivity index (χ1) is 14.4. The van der Waals surface area contributed by atoms with Gasteiger partial charge in [0.2, 0.25) is 5.91 Å². The highest BCUT2D eigenvalue weighted by atomic mass is 19.1. The summed E-state index contributed by atoms with van der Waals surface area (Å²) < 4.78 is 14.0. The Hall–Kier alpha value is -3.55. The van der Waals surface area contributed by atoms with Gasteiger partial charge in [-0.05, 0) is 49.2 Å². The van der Waals surface area contributed by atoms with Crippen LogP contribution < -0.4 is 11.2 Å². The summed E-state index contributed by atoms with van der Waals surface area (Å²) in [6.07, 6.45) is 0.954. The van der Waals surface area contributed by atoms with Crippen LogP contribution in [-0.2, 0) is 11.3 Å². The van der Waals surface area contributed by atoms with Crippen LogP contribution in [0.1, 0.15) is 23.2 Å². The Balaban J connectivity index is 1.43. The number of fused-ring (bicyclic) bond motifs is 1. The molecular formula is C22H20FN3O4. The zero-order valence-corrected chi connectivity index (χ0v) is 16.1. The van der Waals surface area contributed by atoms with Crippen molar-refractivity contribution in [1.29, 1.82) is 0 Å².